The lowest BCUT2D eigenvalue weighted by atomic mass is 9.93. The van der Waals surface area contributed by atoms with E-state index in [-0.39, 0.29) is 0 Å². The standard InChI is InChI=1S/C40H75N/c1-5-7-9-11-13-15-17-19-21-23-25-27-29-31-33-35-37-40(39-41(3)4)38-36-34-32-30-28-26-24-22-20-18-16-14-12-10-8-6-2/h13-16,19-22,40H,5-12,17-18,23-39H2,1-4H3. The maximum Gasteiger partial charge on any atom is 0.000356 e. The topological polar surface area (TPSA) is 3.24 Å². The van der Waals surface area contributed by atoms with Crippen LogP contribution in [0.1, 0.15) is 181 Å². The van der Waals surface area contributed by atoms with Crippen LogP contribution in [0.2, 0.25) is 0 Å². The van der Waals surface area contributed by atoms with Crippen molar-refractivity contribution in [3.05, 3.63) is 48.6 Å². The van der Waals surface area contributed by atoms with Gasteiger partial charge in [-0.1, -0.05) is 152 Å². The average molecular weight is 570 g/mol. The van der Waals surface area contributed by atoms with Gasteiger partial charge in [0, 0.05) is 6.54 Å². The van der Waals surface area contributed by atoms with Crippen LogP contribution in [-0.2, 0) is 0 Å². The van der Waals surface area contributed by atoms with E-state index in [1.165, 1.54) is 161 Å². The largest absolute Gasteiger partial charge is 0.309 e. The van der Waals surface area contributed by atoms with Gasteiger partial charge in [-0.2, -0.15) is 0 Å². The van der Waals surface area contributed by atoms with Crippen molar-refractivity contribution in [2.24, 2.45) is 5.92 Å². The summed E-state index contributed by atoms with van der Waals surface area (Å²) in [7, 11) is 4.51. The van der Waals surface area contributed by atoms with Gasteiger partial charge in [0.1, 0.15) is 0 Å². The summed E-state index contributed by atoms with van der Waals surface area (Å²) in [5.41, 5.74) is 0. The highest BCUT2D eigenvalue weighted by atomic mass is 15.1. The predicted octanol–water partition coefficient (Wildman–Crippen LogP) is 13.6. The minimum absolute atomic E-state index is 0.904. The van der Waals surface area contributed by atoms with Gasteiger partial charge in [-0.3, -0.25) is 0 Å². The Morgan fingerprint density at radius 2 is 0.707 bits per heavy atom. The molecule has 0 unspecified atom stereocenters. The fourth-order valence-corrected chi connectivity index (χ4v) is 5.69. The molecule has 0 amide bonds. The molecule has 0 saturated heterocycles. The Morgan fingerprint density at radius 3 is 1.05 bits per heavy atom. The van der Waals surface area contributed by atoms with Crippen molar-refractivity contribution in [2.75, 3.05) is 20.6 Å². The first-order chi connectivity index (χ1) is 20.2. The lowest BCUT2D eigenvalue weighted by Crippen LogP contribution is -2.21. The van der Waals surface area contributed by atoms with E-state index in [0.717, 1.165) is 18.8 Å². The van der Waals surface area contributed by atoms with E-state index in [9.17, 15) is 0 Å². The lowest BCUT2D eigenvalue weighted by Gasteiger charge is -2.21. The normalized spacial score (nSPS) is 13.3. The zero-order valence-corrected chi connectivity index (χ0v) is 28.7. The lowest BCUT2D eigenvalue weighted by molar-refractivity contribution is 0.286. The number of allylic oxidation sites excluding steroid dienone is 8. The minimum Gasteiger partial charge on any atom is -0.309 e. The molecule has 0 bridgehead atoms. The smallest absolute Gasteiger partial charge is 0.000356 e. The monoisotopic (exact) mass is 570 g/mol. The molecule has 0 spiro atoms. The second-order valence-corrected chi connectivity index (χ2v) is 12.9. The third kappa shape index (κ3) is 35.0. The zero-order chi connectivity index (χ0) is 29.9. The van der Waals surface area contributed by atoms with E-state index in [0.29, 0.717) is 0 Å². The van der Waals surface area contributed by atoms with E-state index >= 15 is 0 Å². The van der Waals surface area contributed by atoms with Crippen LogP contribution in [0.25, 0.3) is 0 Å². The maximum atomic E-state index is 2.41. The molecule has 1 nitrogen and oxygen atoms in total. The van der Waals surface area contributed by atoms with Crippen LogP contribution in [0.5, 0.6) is 0 Å². The molecular formula is C40H75N. The molecule has 0 rings (SSSR count). The van der Waals surface area contributed by atoms with Crippen molar-refractivity contribution in [3.63, 3.8) is 0 Å². The van der Waals surface area contributed by atoms with Crippen LogP contribution in [0.3, 0.4) is 0 Å². The molecule has 41 heavy (non-hydrogen) atoms. The van der Waals surface area contributed by atoms with Gasteiger partial charge in [-0.05, 0) is 97.1 Å². The zero-order valence-electron chi connectivity index (χ0n) is 28.7. The Balaban J connectivity index is 3.62. The van der Waals surface area contributed by atoms with Crippen molar-refractivity contribution in [3.8, 4) is 0 Å². The second-order valence-electron chi connectivity index (χ2n) is 12.9. The third-order valence-corrected chi connectivity index (χ3v) is 8.25. The minimum atomic E-state index is 0.904. The summed E-state index contributed by atoms with van der Waals surface area (Å²) in [5.74, 6) is 0.904. The molecule has 0 aliphatic carbocycles. The molecule has 0 aromatic carbocycles. The van der Waals surface area contributed by atoms with Crippen molar-refractivity contribution >= 4 is 0 Å². The first-order valence-corrected chi connectivity index (χ1v) is 18.4. The summed E-state index contributed by atoms with van der Waals surface area (Å²) < 4.78 is 0. The molecule has 0 aromatic rings. The molecule has 0 radical (unpaired) electrons. The van der Waals surface area contributed by atoms with Crippen molar-refractivity contribution < 1.29 is 0 Å². The van der Waals surface area contributed by atoms with E-state index in [2.05, 4.69) is 81.5 Å². The van der Waals surface area contributed by atoms with Crippen molar-refractivity contribution in [1.82, 2.24) is 4.90 Å². The Hall–Kier alpha value is -1.08. The second kappa shape index (κ2) is 35.1. The van der Waals surface area contributed by atoms with Crippen LogP contribution in [0.4, 0.5) is 0 Å². The Morgan fingerprint density at radius 1 is 0.390 bits per heavy atom. The summed E-state index contributed by atoms with van der Waals surface area (Å²) >= 11 is 0. The van der Waals surface area contributed by atoms with Crippen molar-refractivity contribution in [1.29, 1.82) is 0 Å². The van der Waals surface area contributed by atoms with Gasteiger partial charge in [0.05, 0.1) is 0 Å². The fraction of sp³-hybridized carbons (Fsp3) is 0.800. The SMILES string of the molecule is CCCCCC=CCC=CCCCCCCCCC(CCCCCCCCC=CCC=CCCCCC)CN(C)C. The fourth-order valence-electron chi connectivity index (χ4n) is 5.69. The average Bonchev–Trinajstić information content (AvgIpc) is 2.96. The van der Waals surface area contributed by atoms with Gasteiger partial charge in [-0.15, -0.1) is 0 Å². The molecule has 0 atom stereocenters. The van der Waals surface area contributed by atoms with Crippen LogP contribution >= 0.6 is 0 Å². The van der Waals surface area contributed by atoms with Crippen LogP contribution in [0, 0.1) is 5.92 Å². The van der Waals surface area contributed by atoms with Crippen LogP contribution < -0.4 is 0 Å². The van der Waals surface area contributed by atoms with Crippen LogP contribution in [-0.4, -0.2) is 25.5 Å². The summed E-state index contributed by atoms with van der Waals surface area (Å²) in [6, 6.07) is 0. The molecule has 0 aliphatic rings. The maximum absolute atomic E-state index is 2.41. The first-order valence-electron chi connectivity index (χ1n) is 18.4. The van der Waals surface area contributed by atoms with Gasteiger partial charge in [-0.25, -0.2) is 0 Å². The Bertz CT molecular complexity index is 548. The molecule has 0 heterocycles. The van der Waals surface area contributed by atoms with E-state index in [4.69, 9.17) is 0 Å². The number of hydrogen-bond donors (Lipinski definition) is 0. The molecule has 0 aliphatic heterocycles. The van der Waals surface area contributed by atoms with Gasteiger partial charge in [0.25, 0.3) is 0 Å². The van der Waals surface area contributed by atoms with E-state index in [1.807, 2.05) is 0 Å². The number of nitrogens with zero attached hydrogens (tertiary/aromatic N) is 1. The van der Waals surface area contributed by atoms with Gasteiger partial charge in [0.2, 0.25) is 0 Å². The summed E-state index contributed by atoms with van der Waals surface area (Å²) in [6.45, 7) is 5.82. The third-order valence-electron chi connectivity index (χ3n) is 8.25. The number of unbranched alkanes of at least 4 members (excludes halogenated alkanes) is 18. The van der Waals surface area contributed by atoms with Crippen molar-refractivity contribution in [2.45, 2.75) is 181 Å². The quantitative estimate of drug-likeness (QED) is 0.0575. The highest BCUT2D eigenvalue weighted by Gasteiger charge is 2.09. The van der Waals surface area contributed by atoms with Gasteiger partial charge >= 0.3 is 0 Å². The highest BCUT2D eigenvalue weighted by molar-refractivity contribution is 4.93. The van der Waals surface area contributed by atoms with Gasteiger partial charge in [0.15, 0.2) is 0 Å². The summed E-state index contributed by atoms with van der Waals surface area (Å²) in [6.07, 6.45) is 54.2. The van der Waals surface area contributed by atoms with Crippen LogP contribution in [0.15, 0.2) is 48.6 Å². The molecular weight excluding hydrogens is 494 g/mol. The first kappa shape index (κ1) is 39.9. The molecule has 0 saturated carbocycles. The summed E-state index contributed by atoms with van der Waals surface area (Å²) in [5, 5.41) is 0. The number of hydrogen-bond acceptors (Lipinski definition) is 1. The highest BCUT2D eigenvalue weighted by Crippen LogP contribution is 2.20. The molecule has 1 heteroatoms. The van der Waals surface area contributed by atoms with Gasteiger partial charge < -0.3 is 4.90 Å². The Kier molecular flexibility index (Phi) is 34.2. The predicted molar refractivity (Wildman–Crippen MR) is 190 cm³/mol. The molecule has 240 valence electrons. The number of rotatable bonds is 32. The van der Waals surface area contributed by atoms with E-state index < -0.39 is 0 Å². The molecule has 0 fully saturated rings. The molecule has 0 N–H and O–H groups in total. The summed E-state index contributed by atoms with van der Waals surface area (Å²) in [4.78, 5) is 2.41. The van der Waals surface area contributed by atoms with E-state index in [1.54, 1.807) is 0 Å². The molecule has 0 aromatic heterocycles. The Labute approximate surface area is 260 Å².